The van der Waals surface area contributed by atoms with Crippen LogP contribution in [0.5, 0.6) is 17.2 Å². The second kappa shape index (κ2) is 11.5. The number of benzene rings is 3. The molecule has 3 aromatic carbocycles. The number of hydrogen-bond donors (Lipinski definition) is 2. The number of aliphatic hydroxyl groups is 1. The Labute approximate surface area is 222 Å². The van der Waals surface area contributed by atoms with E-state index in [-0.39, 0.29) is 24.5 Å². The van der Waals surface area contributed by atoms with Crippen LogP contribution >= 0.6 is 0 Å². The van der Waals surface area contributed by atoms with E-state index in [1.54, 1.807) is 0 Å². The van der Waals surface area contributed by atoms with Gasteiger partial charge in [0.1, 0.15) is 30.5 Å². The minimum absolute atomic E-state index is 0.0128. The lowest BCUT2D eigenvalue weighted by atomic mass is 9.94. The molecule has 2 aliphatic heterocycles. The quantitative estimate of drug-likeness (QED) is 0.391. The smallest absolute Gasteiger partial charge is 0.304 e. The molecule has 5 rings (SSSR count). The Hall–Kier alpha value is -3.55. The van der Waals surface area contributed by atoms with Gasteiger partial charge < -0.3 is 29.2 Å². The number of aryl methyl sites for hydroxylation is 2. The van der Waals surface area contributed by atoms with Gasteiger partial charge in [0, 0.05) is 17.5 Å². The Morgan fingerprint density at radius 2 is 1.79 bits per heavy atom. The first-order chi connectivity index (χ1) is 18.4. The molecule has 0 saturated carbocycles. The van der Waals surface area contributed by atoms with Crippen LogP contribution in [-0.2, 0) is 16.1 Å². The van der Waals surface area contributed by atoms with Crippen molar-refractivity contribution in [1.29, 1.82) is 0 Å². The van der Waals surface area contributed by atoms with E-state index < -0.39 is 5.97 Å². The Morgan fingerprint density at radius 3 is 2.53 bits per heavy atom. The van der Waals surface area contributed by atoms with Crippen molar-refractivity contribution in [1.82, 2.24) is 0 Å². The molecule has 2 N–H and O–H groups in total. The van der Waals surface area contributed by atoms with Crippen LogP contribution in [0, 0.1) is 13.8 Å². The van der Waals surface area contributed by atoms with Crippen molar-refractivity contribution in [2.24, 2.45) is 0 Å². The van der Waals surface area contributed by atoms with Crippen molar-refractivity contribution >= 4 is 5.97 Å². The number of aliphatic carboxylic acids is 1. The molecule has 38 heavy (non-hydrogen) atoms. The van der Waals surface area contributed by atoms with Crippen molar-refractivity contribution in [3.8, 4) is 28.4 Å². The summed E-state index contributed by atoms with van der Waals surface area (Å²) < 4.78 is 23.5. The Bertz CT molecular complexity index is 1270. The summed E-state index contributed by atoms with van der Waals surface area (Å²) in [7, 11) is 0. The Morgan fingerprint density at radius 1 is 0.974 bits per heavy atom. The first-order valence-corrected chi connectivity index (χ1v) is 13.1. The fraction of sp³-hybridized carbons (Fsp3) is 0.387. The van der Waals surface area contributed by atoms with Gasteiger partial charge in [0.05, 0.1) is 31.8 Å². The summed E-state index contributed by atoms with van der Waals surface area (Å²) in [6, 6.07) is 18.1. The number of aliphatic hydroxyl groups excluding tert-OH is 1. The Balaban J connectivity index is 1.23. The van der Waals surface area contributed by atoms with E-state index in [2.05, 4.69) is 38.1 Å². The van der Waals surface area contributed by atoms with Crippen molar-refractivity contribution in [3.05, 3.63) is 76.9 Å². The lowest BCUT2D eigenvalue weighted by Crippen LogP contribution is -2.33. The maximum Gasteiger partial charge on any atom is 0.304 e. The number of fused-ring (bicyclic) bond motifs is 1. The van der Waals surface area contributed by atoms with Gasteiger partial charge >= 0.3 is 5.97 Å². The van der Waals surface area contributed by atoms with Crippen LogP contribution in [0.3, 0.4) is 0 Å². The van der Waals surface area contributed by atoms with E-state index in [0.29, 0.717) is 37.9 Å². The highest BCUT2D eigenvalue weighted by Crippen LogP contribution is 2.38. The predicted octanol–water partition coefficient (Wildman–Crippen LogP) is 5.42. The zero-order valence-corrected chi connectivity index (χ0v) is 21.8. The first-order valence-electron chi connectivity index (χ1n) is 13.1. The lowest BCUT2D eigenvalue weighted by molar-refractivity contribution is -0.137. The van der Waals surface area contributed by atoms with E-state index in [4.69, 9.17) is 24.1 Å². The van der Waals surface area contributed by atoms with E-state index in [1.807, 2.05) is 30.3 Å². The average molecular weight is 519 g/mol. The topological polar surface area (TPSA) is 94.5 Å². The van der Waals surface area contributed by atoms with Crippen LogP contribution in [0.25, 0.3) is 11.1 Å². The van der Waals surface area contributed by atoms with E-state index >= 15 is 0 Å². The zero-order valence-electron chi connectivity index (χ0n) is 21.8. The molecular weight excluding hydrogens is 484 g/mol. The third kappa shape index (κ3) is 6.11. The van der Waals surface area contributed by atoms with Gasteiger partial charge in [0.15, 0.2) is 0 Å². The molecule has 1 fully saturated rings. The van der Waals surface area contributed by atoms with Crippen molar-refractivity contribution in [2.75, 3.05) is 19.8 Å². The molecule has 1 saturated heterocycles. The fourth-order valence-corrected chi connectivity index (χ4v) is 5.29. The summed E-state index contributed by atoms with van der Waals surface area (Å²) in [5.41, 5.74) is 6.51. The molecule has 200 valence electrons. The molecule has 0 aliphatic carbocycles. The van der Waals surface area contributed by atoms with Gasteiger partial charge in [0.2, 0.25) is 0 Å². The van der Waals surface area contributed by atoms with Crippen LogP contribution in [-0.4, -0.2) is 48.2 Å². The maximum absolute atomic E-state index is 11.1. The molecule has 2 heterocycles. The third-order valence-corrected chi connectivity index (χ3v) is 7.20. The molecule has 0 amide bonds. The molecule has 7 heteroatoms. The molecule has 2 aliphatic rings. The number of rotatable bonds is 9. The SMILES string of the molecule is Cc1cc(OCC2CC[C@@H](O)CO2)cc(C)c1-c1cccc(COc2ccc3c(c2)OCC3CC(=O)O)c1. The van der Waals surface area contributed by atoms with E-state index in [9.17, 15) is 9.90 Å². The van der Waals surface area contributed by atoms with Gasteiger partial charge in [-0.3, -0.25) is 4.79 Å². The summed E-state index contributed by atoms with van der Waals surface area (Å²) in [6.07, 6.45) is 1.26. The summed E-state index contributed by atoms with van der Waals surface area (Å²) in [5, 5.41) is 18.7. The number of carboxylic acid groups (broad SMARTS) is 1. The molecule has 0 aromatic heterocycles. The van der Waals surface area contributed by atoms with Gasteiger partial charge in [-0.1, -0.05) is 24.3 Å². The summed E-state index contributed by atoms with van der Waals surface area (Å²) >= 11 is 0. The van der Waals surface area contributed by atoms with Gasteiger partial charge in [0.25, 0.3) is 0 Å². The first kappa shape index (κ1) is 26.1. The zero-order chi connectivity index (χ0) is 26.6. The molecule has 0 radical (unpaired) electrons. The van der Waals surface area contributed by atoms with Crippen LogP contribution < -0.4 is 14.2 Å². The second-order valence-electron chi connectivity index (χ2n) is 10.2. The number of hydrogen-bond acceptors (Lipinski definition) is 6. The molecule has 0 bridgehead atoms. The van der Waals surface area contributed by atoms with Gasteiger partial charge in [-0.2, -0.15) is 0 Å². The predicted molar refractivity (Wildman–Crippen MR) is 143 cm³/mol. The van der Waals surface area contributed by atoms with Crippen molar-refractivity contribution in [3.63, 3.8) is 0 Å². The van der Waals surface area contributed by atoms with Crippen LogP contribution in [0.4, 0.5) is 0 Å². The fourth-order valence-electron chi connectivity index (χ4n) is 5.29. The normalized spacial score (nSPS) is 20.4. The van der Waals surface area contributed by atoms with Crippen molar-refractivity contribution in [2.45, 2.75) is 57.8 Å². The minimum Gasteiger partial charge on any atom is -0.492 e. The standard InChI is InChI=1S/C31H34O7/c1-19-10-27(37-18-26-7-6-24(32)17-36-26)11-20(2)31(19)22-5-3-4-21(12-22)15-35-25-8-9-28-23(13-30(33)34)16-38-29(28)14-25/h3-5,8-12,14,23-24,26,32H,6-7,13,15-18H2,1-2H3,(H,33,34)/t23?,24-,26?/m1/s1. The lowest BCUT2D eigenvalue weighted by Gasteiger charge is -2.26. The summed E-state index contributed by atoms with van der Waals surface area (Å²) in [6.45, 7) is 5.82. The molecule has 3 aromatic rings. The van der Waals surface area contributed by atoms with Crippen LogP contribution in [0.2, 0.25) is 0 Å². The summed E-state index contributed by atoms with van der Waals surface area (Å²) in [4.78, 5) is 11.1. The monoisotopic (exact) mass is 518 g/mol. The third-order valence-electron chi connectivity index (χ3n) is 7.20. The molecule has 2 unspecified atom stereocenters. The summed E-state index contributed by atoms with van der Waals surface area (Å²) in [5.74, 6) is 1.27. The van der Waals surface area contributed by atoms with Crippen LogP contribution in [0.15, 0.2) is 54.6 Å². The van der Waals surface area contributed by atoms with E-state index in [1.165, 1.54) is 5.56 Å². The van der Waals surface area contributed by atoms with E-state index in [0.717, 1.165) is 46.4 Å². The highest BCUT2D eigenvalue weighted by Gasteiger charge is 2.26. The molecule has 0 spiro atoms. The van der Waals surface area contributed by atoms with Crippen molar-refractivity contribution < 1.29 is 34.0 Å². The second-order valence-corrected chi connectivity index (χ2v) is 10.2. The largest absolute Gasteiger partial charge is 0.492 e. The number of carbonyl (C=O) groups is 1. The van der Waals surface area contributed by atoms with Crippen LogP contribution in [0.1, 0.15) is 47.4 Å². The van der Waals surface area contributed by atoms with Gasteiger partial charge in [-0.25, -0.2) is 0 Å². The number of ether oxygens (including phenoxy) is 4. The Kier molecular flexibility index (Phi) is 7.86. The molecule has 3 atom stereocenters. The average Bonchev–Trinajstić information content (AvgIpc) is 3.28. The highest BCUT2D eigenvalue weighted by molar-refractivity contribution is 5.72. The maximum atomic E-state index is 11.1. The van der Waals surface area contributed by atoms with Gasteiger partial charge in [-0.05, 0) is 78.8 Å². The molecular formula is C31H34O7. The van der Waals surface area contributed by atoms with Gasteiger partial charge in [-0.15, -0.1) is 0 Å². The number of carboxylic acids is 1. The molecule has 7 nitrogen and oxygen atoms in total. The highest BCUT2D eigenvalue weighted by atomic mass is 16.5. The minimum atomic E-state index is -0.824.